The van der Waals surface area contributed by atoms with Crippen LogP contribution in [-0.4, -0.2) is 25.4 Å². The second-order valence-corrected chi connectivity index (χ2v) is 28.0. The van der Waals surface area contributed by atoms with Crippen molar-refractivity contribution < 1.29 is 4.43 Å². The zero-order valence-electron chi connectivity index (χ0n) is 18.5. The molecule has 0 aliphatic carbocycles. The Labute approximate surface area is 188 Å². The molecular weight excluding hydrogens is 425 g/mol. The molecule has 0 radical (unpaired) electrons. The summed E-state index contributed by atoms with van der Waals surface area (Å²) in [6.45, 7) is 7.46. The summed E-state index contributed by atoms with van der Waals surface area (Å²) in [5.74, 6) is 0. The van der Waals surface area contributed by atoms with Crippen LogP contribution in [0.25, 0.3) is 43.1 Å². The highest BCUT2D eigenvalue weighted by Crippen LogP contribution is 2.44. The van der Waals surface area contributed by atoms with E-state index in [9.17, 15) is 0 Å². The molecule has 5 aromatic carbocycles. The van der Waals surface area contributed by atoms with Crippen molar-refractivity contribution in [1.82, 2.24) is 0 Å². The Kier molecular flexibility index (Phi) is 4.47. The standard InChI is InChI=1S/C27H28OSi3/c1-27(17-30(2)29-31(3)28-27)26-22-11-7-6-10-20(22)16-25-23(26)13-12-21-14-18-8-4-5-9-19(18)15-24(21)25/h4-16,30-31H,17,29H2,1-3H3. The van der Waals surface area contributed by atoms with Gasteiger partial charge < -0.3 is 4.43 Å². The monoisotopic (exact) mass is 452 g/mol. The Morgan fingerprint density at radius 2 is 1.35 bits per heavy atom. The average Bonchev–Trinajstić information content (AvgIpc) is 2.75. The van der Waals surface area contributed by atoms with Crippen LogP contribution in [0.4, 0.5) is 0 Å². The summed E-state index contributed by atoms with van der Waals surface area (Å²) < 4.78 is 6.96. The first kappa shape index (κ1) is 19.4. The van der Waals surface area contributed by atoms with Gasteiger partial charge in [-0.2, -0.15) is 0 Å². The van der Waals surface area contributed by atoms with Crippen LogP contribution < -0.4 is 0 Å². The van der Waals surface area contributed by atoms with Gasteiger partial charge in [-0.25, -0.2) is 0 Å². The third-order valence-corrected chi connectivity index (χ3v) is 30.0. The van der Waals surface area contributed by atoms with E-state index in [2.05, 4.69) is 98.9 Å². The summed E-state index contributed by atoms with van der Waals surface area (Å²) >= 11 is 0. The van der Waals surface area contributed by atoms with Crippen molar-refractivity contribution in [2.75, 3.05) is 0 Å². The maximum atomic E-state index is 6.96. The average molecular weight is 453 g/mol. The van der Waals surface area contributed by atoms with Crippen LogP contribution in [0.5, 0.6) is 0 Å². The van der Waals surface area contributed by atoms with Gasteiger partial charge in [-0.3, -0.25) is 0 Å². The summed E-state index contributed by atoms with van der Waals surface area (Å²) in [6.07, 6.45) is 0. The molecule has 3 unspecified atom stereocenters. The lowest BCUT2D eigenvalue weighted by atomic mass is 9.85. The lowest BCUT2D eigenvalue weighted by molar-refractivity contribution is 0.114. The van der Waals surface area contributed by atoms with Crippen LogP contribution in [0, 0.1) is 0 Å². The molecule has 1 heterocycles. The molecule has 31 heavy (non-hydrogen) atoms. The van der Waals surface area contributed by atoms with Gasteiger partial charge in [0.05, 0.1) is 5.60 Å². The van der Waals surface area contributed by atoms with Crippen molar-refractivity contribution in [3.63, 3.8) is 0 Å². The summed E-state index contributed by atoms with van der Waals surface area (Å²) in [5.41, 5.74) is 1.31. The predicted octanol–water partition coefficient (Wildman–Crippen LogP) is 5.92. The van der Waals surface area contributed by atoms with Crippen molar-refractivity contribution in [2.24, 2.45) is 0 Å². The molecule has 0 amide bonds. The van der Waals surface area contributed by atoms with Gasteiger partial charge in [-0.15, -0.1) is 0 Å². The highest BCUT2D eigenvalue weighted by molar-refractivity contribution is 7.39. The first-order valence-electron chi connectivity index (χ1n) is 11.5. The van der Waals surface area contributed by atoms with E-state index in [-0.39, 0.29) is 14.2 Å². The number of hydrogen-bond donors (Lipinski definition) is 0. The van der Waals surface area contributed by atoms with Crippen molar-refractivity contribution >= 4 is 68.5 Å². The third-order valence-electron chi connectivity index (χ3n) is 7.19. The van der Waals surface area contributed by atoms with E-state index >= 15 is 0 Å². The Hall–Kier alpha value is -2.25. The molecule has 1 fully saturated rings. The fraction of sp³-hybridized carbons (Fsp3) is 0.185. The van der Waals surface area contributed by atoms with Crippen LogP contribution in [0.3, 0.4) is 0 Å². The van der Waals surface area contributed by atoms with Gasteiger partial charge >= 0.3 is 0 Å². The fourth-order valence-electron chi connectivity index (χ4n) is 6.15. The summed E-state index contributed by atoms with van der Waals surface area (Å²) in [5, 5.41) is 10.8. The minimum Gasteiger partial charge on any atom is -0.416 e. The molecule has 0 spiro atoms. The lowest BCUT2D eigenvalue weighted by Crippen LogP contribution is -2.49. The van der Waals surface area contributed by atoms with Gasteiger partial charge in [-0.05, 0) is 79.8 Å². The zero-order chi connectivity index (χ0) is 21.2. The normalized spacial score (nSPS) is 25.1. The molecular formula is C27H28OSi3. The molecule has 6 rings (SSSR count). The van der Waals surface area contributed by atoms with E-state index in [1.54, 1.807) is 0 Å². The molecule has 0 N–H and O–H groups in total. The molecule has 5 aromatic rings. The Bertz CT molecular complexity index is 1470. The van der Waals surface area contributed by atoms with Crippen molar-refractivity contribution in [2.45, 2.75) is 31.7 Å². The zero-order valence-corrected chi connectivity index (χ0v) is 22.2. The quantitative estimate of drug-likeness (QED) is 0.174. The highest BCUT2D eigenvalue weighted by atomic mass is 29.6. The second-order valence-electron chi connectivity index (χ2n) is 9.76. The van der Waals surface area contributed by atoms with E-state index in [0.29, 0.717) is 0 Å². The number of benzene rings is 5. The van der Waals surface area contributed by atoms with Crippen molar-refractivity contribution in [1.29, 1.82) is 0 Å². The largest absolute Gasteiger partial charge is 0.416 e. The SMILES string of the molecule is C[SiH]1CC(C)(c2c3ccccc3cc3c2ccc2cc4ccccc4cc23)O[SiH](C)[SiH2]1. The van der Waals surface area contributed by atoms with Gasteiger partial charge in [0, 0.05) is 16.9 Å². The molecule has 1 saturated heterocycles. The number of fused-ring (bicyclic) bond motifs is 5. The molecule has 1 aliphatic rings. The second kappa shape index (κ2) is 7.14. The molecule has 0 bridgehead atoms. The molecule has 1 nitrogen and oxygen atoms in total. The maximum Gasteiger partial charge on any atom is 0.153 e. The molecule has 1 aliphatic heterocycles. The summed E-state index contributed by atoms with van der Waals surface area (Å²) in [7, 11) is -1.53. The van der Waals surface area contributed by atoms with Gasteiger partial charge in [0.15, 0.2) is 8.56 Å². The van der Waals surface area contributed by atoms with Gasteiger partial charge in [0.2, 0.25) is 0 Å². The Morgan fingerprint density at radius 1 is 0.710 bits per heavy atom. The van der Waals surface area contributed by atoms with E-state index in [0.717, 1.165) is 0 Å². The van der Waals surface area contributed by atoms with Crippen LogP contribution >= 0.6 is 0 Å². The van der Waals surface area contributed by atoms with Gasteiger partial charge in [0.1, 0.15) is 0 Å². The lowest BCUT2D eigenvalue weighted by Gasteiger charge is -2.42. The smallest absolute Gasteiger partial charge is 0.153 e. The number of hydrogen-bond acceptors (Lipinski definition) is 1. The van der Waals surface area contributed by atoms with E-state index < -0.39 is 16.9 Å². The van der Waals surface area contributed by atoms with Crippen molar-refractivity contribution in [3.05, 3.63) is 84.4 Å². The topological polar surface area (TPSA) is 9.23 Å². The minimum atomic E-state index is -0.990. The third kappa shape index (κ3) is 3.12. The Morgan fingerprint density at radius 3 is 2.13 bits per heavy atom. The van der Waals surface area contributed by atoms with Crippen LogP contribution in [0.2, 0.25) is 19.1 Å². The first-order chi connectivity index (χ1) is 15.0. The molecule has 3 atom stereocenters. The number of rotatable bonds is 1. The molecule has 0 aromatic heterocycles. The minimum absolute atomic E-state index is 0.0790. The predicted molar refractivity (Wildman–Crippen MR) is 144 cm³/mol. The van der Waals surface area contributed by atoms with Crippen LogP contribution in [0.1, 0.15) is 12.5 Å². The maximum absolute atomic E-state index is 6.96. The highest BCUT2D eigenvalue weighted by Gasteiger charge is 2.39. The molecule has 4 heteroatoms. The van der Waals surface area contributed by atoms with Crippen molar-refractivity contribution in [3.8, 4) is 0 Å². The summed E-state index contributed by atoms with van der Waals surface area (Å²) in [4.78, 5) is 0. The van der Waals surface area contributed by atoms with Gasteiger partial charge in [-0.1, -0.05) is 73.8 Å². The fourth-order valence-corrected chi connectivity index (χ4v) is 30.0. The van der Waals surface area contributed by atoms with E-state index in [1.807, 2.05) is 0 Å². The Balaban J connectivity index is 1.75. The van der Waals surface area contributed by atoms with Gasteiger partial charge in [0.25, 0.3) is 0 Å². The van der Waals surface area contributed by atoms with E-state index in [4.69, 9.17) is 4.43 Å². The summed E-state index contributed by atoms with van der Waals surface area (Å²) in [6, 6.07) is 30.8. The molecule has 0 saturated carbocycles. The van der Waals surface area contributed by atoms with Crippen LogP contribution in [-0.2, 0) is 10.0 Å². The first-order valence-corrected chi connectivity index (χ1v) is 21.6. The molecule has 154 valence electrons. The van der Waals surface area contributed by atoms with Crippen LogP contribution in [0.15, 0.2) is 78.9 Å². The van der Waals surface area contributed by atoms with E-state index in [1.165, 1.54) is 54.7 Å².